The Morgan fingerprint density at radius 1 is 1.00 bits per heavy atom. The average Bonchev–Trinajstić information content (AvgIpc) is 2.95. The predicted molar refractivity (Wildman–Crippen MR) is 116 cm³/mol. The minimum Gasteiger partial charge on any atom is -0.348 e. The van der Waals surface area contributed by atoms with Crippen molar-refractivity contribution in [3.63, 3.8) is 0 Å². The lowest BCUT2D eigenvalue weighted by Crippen LogP contribution is -3.04. The summed E-state index contributed by atoms with van der Waals surface area (Å²) in [4.78, 5) is 14.3. The van der Waals surface area contributed by atoms with Crippen LogP contribution in [0.5, 0.6) is 0 Å². The zero-order valence-corrected chi connectivity index (χ0v) is 18.0. The van der Waals surface area contributed by atoms with Gasteiger partial charge in [-0.25, -0.2) is 0 Å². The van der Waals surface area contributed by atoms with Crippen LogP contribution in [-0.4, -0.2) is 29.8 Å². The highest BCUT2D eigenvalue weighted by molar-refractivity contribution is 5.96. The van der Waals surface area contributed by atoms with Crippen LogP contribution in [-0.2, 0) is 19.6 Å². The van der Waals surface area contributed by atoms with Crippen LogP contribution in [0.3, 0.4) is 0 Å². The van der Waals surface area contributed by atoms with Gasteiger partial charge >= 0.3 is 0 Å². The second kappa shape index (κ2) is 9.05. The van der Waals surface area contributed by atoms with E-state index in [1.54, 1.807) is 0 Å². The zero-order valence-electron chi connectivity index (χ0n) is 18.0. The lowest BCUT2D eigenvalue weighted by Gasteiger charge is -2.13. The van der Waals surface area contributed by atoms with E-state index in [2.05, 4.69) is 67.8 Å². The fraction of sp³-hybridized carbons (Fsp3) is 0.333. The summed E-state index contributed by atoms with van der Waals surface area (Å²) in [5.74, 6) is -0.0674. The van der Waals surface area contributed by atoms with Crippen molar-refractivity contribution in [2.24, 2.45) is 0 Å². The van der Waals surface area contributed by atoms with E-state index in [1.807, 2.05) is 30.7 Å². The van der Waals surface area contributed by atoms with Gasteiger partial charge in [-0.1, -0.05) is 54.1 Å². The largest absolute Gasteiger partial charge is 0.348 e. The first-order chi connectivity index (χ1) is 13.8. The number of quaternary nitrogens is 1. The van der Waals surface area contributed by atoms with Gasteiger partial charge in [0, 0.05) is 17.8 Å². The number of benzene rings is 2. The molecule has 1 heterocycles. The maximum Gasteiger partial charge on any atom is 0.255 e. The summed E-state index contributed by atoms with van der Waals surface area (Å²) in [6.07, 6.45) is 0. The molecule has 0 aliphatic rings. The van der Waals surface area contributed by atoms with Crippen LogP contribution in [0, 0.1) is 20.8 Å². The maximum absolute atomic E-state index is 12.9. The number of hydrogen-bond acceptors (Lipinski definition) is 2. The van der Waals surface area contributed by atoms with E-state index in [1.165, 1.54) is 21.6 Å². The quantitative estimate of drug-likeness (QED) is 0.650. The molecule has 0 fully saturated rings. The van der Waals surface area contributed by atoms with Gasteiger partial charge in [-0.15, -0.1) is 0 Å². The Labute approximate surface area is 173 Å². The van der Waals surface area contributed by atoms with Crippen molar-refractivity contribution in [3.8, 4) is 0 Å². The smallest absolute Gasteiger partial charge is 0.255 e. The van der Waals surface area contributed by atoms with Gasteiger partial charge in [0.15, 0.2) is 0 Å². The third-order valence-electron chi connectivity index (χ3n) is 5.16. The van der Waals surface area contributed by atoms with E-state index >= 15 is 0 Å². The molecule has 0 unspecified atom stereocenters. The molecule has 3 rings (SSSR count). The number of carbonyl (C=O) groups is 1. The van der Waals surface area contributed by atoms with Gasteiger partial charge in [-0.3, -0.25) is 9.48 Å². The molecular formula is C24H31N4O+. The number of carbonyl (C=O) groups excluding carboxylic acids is 1. The number of rotatable bonds is 7. The molecule has 0 saturated carbocycles. The number of nitrogens with one attached hydrogen (secondary N) is 2. The van der Waals surface area contributed by atoms with E-state index in [-0.39, 0.29) is 5.91 Å². The summed E-state index contributed by atoms with van der Waals surface area (Å²) in [5, 5.41) is 7.71. The Balaban J connectivity index is 1.73. The van der Waals surface area contributed by atoms with E-state index in [4.69, 9.17) is 0 Å². The molecule has 152 valence electrons. The summed E-state index contributed by atoms with van der Waals surface area (Å²) in [6.45, 7) is 8.05. The van der Waals surface area contributed by atoms with Crippen LogP contribution < -0.4 is 10.2 Å². The molecule has 0 bridgehead atoms. The first-order valence-electron chi connectivity index (χ1n) is 10.1. The van der Waals surface area contributed by atoms with E-state index < -0.39 is 0 Å². The van der Waals surface area contributed by atoms with Crippen LogP contribution in [0.25, 0.3) is 0 Å². The minimum atomic E-state index is -0.0674. The number of aryl methyl sites for hydroxylation is 2. The first kappa shape index (κ1) is 20.8. The Morgan fingerprint density at radius 3 is 2.31 bits per heavy atom. The number of aromatic nitrogens is 2. The standard InChI is InChI=1S/C24H30N4O/c1-17-10-12-20(13-11-17)15-28-19(3)23(18(2)26-28)24(29)25-14-21-8-6-7-9-22(21)16-27(4)5/h6-13H,14-16H2,1-5H3,(H,25,29)/p+1. The molecule has 0 spiro atoms. The molecule has 2 N–H and O–H groups in total. The van der Waals surface area contributed by atoms with Crippen LogP contribution in [0.4, 0.5) is 0 Å². The molecule has 0 aliphatic carbocycles. The molecule has 5 nitrogen and oxygen atoms in total. The van der Waals surface area contributed by atoms with Crippen molar-refractivity contribution >= 4 is 5.91 Å². The molecule has 0 saturated heterocycles. The number of nitrogens with zero attached hydrogens (tertiary/aromatic N) is 2. The fourth-order valence-electron chi connectivity index (χ4n) is 3.59. The lowest BCUT2D eigenvalue weighted by atomic mass is 10.1. The van der Waals surface area contributed by atoms with Crippen molar-refractivity contribution in [2.45, 2.75) is 40.4 Å². The Hall–Kier alpha value is -2.92. The predicted octanol–water partition coefficient (Wildman–Crippen LogP) is 2.43. The van der Waals surface area contributed by atoms with Gasteiger partial charge in [0.05, 0.1) is 31.9 Å². The zero-order chi connectivity index (χ0) is 21.0. The van der Waals surface area contributed by atoms with Crippen molar-refractivity contribution in [3.05, 3.63) is 87.7 Å². The molecule has 1 aromatic heterocycles. The highest BCUT2D eigenvalue weighted by Gasteiger charge is 2.19. The summed E-state index contributed by atoms with van der Waals surface area (Å²) in [6, 6.07) is 16.7. The molecule has 29 heavy (non-hydrogen) atoms. The van der Waals surface area contributed by atoms with Crippen molar-refractivity contribution in [2.75, 3.05) is 14.1 Å². The van der Waals surface area contributed by atoms with Gasteiger partial charge in [0.25, 0.3) is 5.91 Å². The molecule has 3 aromatic rings. The lowest BCUT2D eigenvalue weighted by molar-refractivity contribution is -0.872. The van der Waals surface area contributed by atoms with Gasteiger partial charge in [-0.2, -0.15) is 5.10 Å². The topological polar surface area (TPSA) is 51.4 Å². The second-order valence-corrected chi connectivity index (χ2v) is 8.02. The average molecular weight is 392 g/mol. The molecule has 2 aromatic carbocycles. The van der Waals surface area contributed by atoms with Crippen molar-refractivity contribution in [1.29, 1.82) is 0 Å². The third kappa shape index (κ3) is 5.12. The summed E-state index contributed by atoms with van der Waals surface area (Å²) < 4.78 is 1.91. The maximum atomic E-state index is 12.9. The van der Waals surface area contributed by atoms with Crippen LogP contribution in [0.1, 0.15) is 44.0 Å². The van der Waals surface area contributed by atoms with Gasteiger partial charge in [-0.05, 0) is 31.9 Å². The van der Waals surface area contributed by atoms with Crippen molar-refractivity contribution < 1.29 is 9.69 Å². The highest BCUT2D eigenvalue weighted by atomic mass is 16.1. The molecule has 5 heteroatoms. The SMILES string of the molecule is Cc1ccc(Cn2nc(C)c(C(=O)NCc3ccccc3C[NH+](C)C)c2C)cc1. The molecule has 0 atom stereocenters. The number of hydrogen-bond donors (Lipinski definition) is 2. The summed E-state index contributed by atoms with van der Waals surface area (Å²) >= 11 is 0. The van der Waals surface area contributed by atoms with Crippen LogP contribution >= 0.6 is 0 Å². The molecule has 0 aliphatic heterocycles. The minimum absolute atomic E-state index is 0.0674. The van der Waals surface area contributed by atoms with E-state index in [0.29, 0.717) is 18.7 Å². The van der Waals surface area contributed by atoms with Crippen LogP contribution in [0.2, 0.25) is 0 Å². The van der Waals surface area contributed by atoms with Gasteiger partial charge in [0.2, 0.25) is 0 Å². The highest BCUT2D eigenvalue weighted by Crippen LogP contribution is 2.16. The molecular weight excluding hydrogens is 360 g/mol. The van der Waals surface area contributed by atoms with E-state index in [0.717, 1.165) is 23.5 Å². The monoisotopic (exact) mass is 391 g/mol. The number of amides is 1. The Morgan fingerprint density at radius 2 is 1.66 bits per heavy atom. The second-order valence-electron chi connectivity index (χ2n) is 8.02. The van der Waals surface area contributed by atoms with Crippen LogP contribution in [0.15, 0.2) is 48.5 Å². The molecule has 0 radical (unpaired) electrons. The third-order valence-corrected chi connectivity index (χ3v) is 5.16. The van der Waals surface area contributed by atoms with Gasteiger partial charge < -0.3 is 10.2 Å². The summed E-state index contributed by atoms with van der Waals surface area (Å²) in [7, 11) is 4.26. The molecule has 1 amide bonds. The Bertz CT molecular complexity index is 987. The summed E-state index contributed by atoms with van der Waals surface area (Å²) in [5.41, 5.74) is 7.16. The Kier molecular flexibility index (Phi) is 6.49. The fourth-order valence-corrected chi connectivity index (χ4v) is 3.59. The van der Waals surface area contributed by atoms with Gasteiger partial charge in [0.1, 0.15) is 6.54 Å². The van der Waals surface area contributed by atoms with E-state index in [9.17, 15) is 4.79 Å². The van der Waals surface area contributed by atoms with Crippen molar-refractivity contribution in [1.82, 2.24) is 15.1 Å². The first-order valence-corrected chi connectivity index (χ1v) is 10.1. The normalized spacial score (nSPS) is 11.1.